The number of aryl methyl sites for hydroxylation is 1. The summed E-state index contributed by atoms with van der Waals surface area (Å²) in [4.78, 5) is 42.3. The van der Waals surface area contributed by atoms with Crippen molar-refractivity contribution in [1.82, 2.24) is 19.1 Å². The van der Waals surface area contributed by atoms with Gasteiger partial charge in [0.25, 0.3) is 5.56 Å². The van der Waals surface area contributed by atoms with Crippen molar-refractivity contribution in [2.75, 3.05) is 5.73 Å². The fourth-order valence-electron chi connectivity index (χ4n) is 2.22. The maximum absolute atomic E-state index is 12.4. The van der Waals surface area contributed by atoms with Gasteiger partial charge in [0.1, 0.15) is 11.4 Å². The topological polar surface area (TPSA) is 116 Å². The number of imidazole rings is 1. The number of nitrogens with two attached hydrogens (primary N) is 1. The molecule has 0 unspecified atom stereocenters. The smallest absolute Gasteiger partial charge is 0.329 e. The Morgan fingerprint density at radius 2 is 2.09 bits per heavy atom. The van der Waals surface area contributed by atoms with E-state index in [0.29, 0.717) is 13.0 Å². The molecule has 0 amide bonds. The quantitative estimate of drug-likeness (QED) is 0.738. The van der Waals surface area contributed by atoms with Gasteiger partial charge in [-0.15, -0.1) is 0 Å². The fraction of sp³-hybridized carbons (Fsp3) is 0.429. The van der Waals surface area contributed by atoms with Crippen LogP contribution in [0.3, 0.4) is 0 Å². The molecule has 0 aliphatic carbocycles. The van der Waals surface area contributed by atoms with Gasteiger partial charge in [-0.3, -0.25) is 19.1 Å². The van der Waals surface area contributed by atoms with Gasteiger partial charge in [-0.25, -0.2) is 9.78 Å². The summed E-state index contributed by atoms with van der Waals surface area (Å²) in [5.41, 5.74) is 5.17. The van der Waals surface area contributed by atoms with Crippen LogP contribution in [0.2, 0.25) is 0 Å². The molecule has 0 bridgehead atoms. The van der Waals surface area contributed by atoms with Gasteiger partial charge >= 0.3 is 5.69 Å². The highest BCUT2D eigenvalue weighted by atomic mass is 16.2. The Bertz CT molecular complexity index is 800. The average molecular weight is 305 g/mol. The SMILES string of the molecule is CCCn1c(N)c(C(=O)Cn2cnc(CC)c2)c(=O)[nH]c1=O. The lowest BCUT2D eigenvalue weighted by molar-refractivity contribution is 0.0970. The van der Waals surface area contributed by atoms with Gasteiger partial charge in [0.2, 0.25) is 0 Å². The number of ketones is 1. The number of rotatable bonds is 6. The first-order chi connectivity index (χ1) is 10.5. The zero-order valence-corrected chi connectivity index (χ0v) is 12.6. The van der Waals surface area contributed by atoms with E-state index in [9.17, 15) is 14.4 Å². The highest BCUT2D eigenvalue weighted by Gasteiger charge is 2.19. The molecule has 118 valence electrons. The summed E-state index contributed by atoms with van der Waals surface area (Å²) in [6.45, 7) is 4.12. The Balaban J connectivity index is 2.38. The van der Waals surface area contributed by atoms with Crippen LogP contribution < -0.4 is 17.0 Å². The number of H-pyrrole nitrogens is 1. The number of anilines is 1. The summed E-state index contributed by atoms with van der Waals surface area (Å²) in [5.74, 6) is -0.542. The lowest BCUT2D eigenvalue weighted by atomic mass is 10.2. The molecule has 22 heavy (non-hydrogen) atoms. The number of nitrogen functional groups attached to an aromatic ring is 1. The van der Waals surface area contributed by atoms with Gasteiger partial charge in [-0.2, -0.15) is 0 Å². The van der Waals surface area contributed by atoms with E-state index in [2.05, 4.69) is 9.97 Å². The second kappa shape index (κ2) is 6.42. The fourth-order valence-corrected chi connectivity index (χ4v) is 2.22. The lowest BCUT2D eigenvalue weighted by Crippen LogP contribution is -2.36. The van der Waals surface area contributed by atoms with E-state index < -0.39 is 17.0 Å². The van der Waals surface area contributed by atoms with Crippen LogP contribution in [-0.4, -0.2) is 24.9 Å². The maximum Gasteiger partial charge on any atom is 0.329 e. The number of aromatic amines is 1. The molecule has 0 spiro atoms. The minimum atomic E-state index is -0.754. The number of carbonyl (C=O) groups is 1. The predicted octanol–water partition coefficient (Wildman–Crippen LogP) is 0.171. The molecule has 8 nitrogen and oxygen atoms in total. The molecule has 2 rings (SSSR count). The van der Waals surface area contributed by atoms with E-state index in [1.807, 2.05) is 13.8 Å². The minimum absolute atomic E-state index is 0.0510. The van der Waals surface area contributed by atoms with Crippen molar-refractivity contribution in [3.05, 3.63) is 44.6 Å². The van der Waals surface area contributed by atoms with Gasteiger partial charge < -0.3 is 10.3 Å². The van der Waals surface area contributed by atoms with E-state index in [-0.39, 0.29) is 17.9 Å². The van der Waals surface area contributed by atoms with Gasteiger partial charge in [0.05, 0.1) is 18.6 Å². The van der Waals surface area contributed by atoms with Crippen LogP contribution in [-0.2, 0) is 19.5 Å². The molecule has 0 aliphatic rings. The van der Waals surface area contributed by atoms with E-state index in [1.54, 1.807) is 10.8 Å². The number of hydrogen-bond acceptors (Lipinski definition) is 5. The number of nitrogens with zero attached hydrogens (tertiary/aromatic N) is 3. The Morgan fingerprint density at radius 3 is 2.68 bits per heavy atom. The molecule has 0 atom stereocenters. The second-order valence-electron chi connectivity index (χ2n) is 4.99. The van der Waals surface area contributed by atoms with Crippen LogP contribution in [0.4, 0.5) is 5.82 Å². The molecule has 8 heteroatoms. The highest BCUT2D eigenvalue weighted by Crippen LogP contribution is 2.08. The summed E-state index contributed by atoms with van der Waals surface area (Å²) < 4.78 is 2.80. The molecule has 0 saturated heterocycles. The first-order valence-corrected chi connectivity index (χ1v) is 7.14. The molecular weight excluding hydrogens is 286 g/mol. The van der Waals surface area contributed by atoms with Crippen molar-refractivity contribution in [3.8, 4) is 0 Å². The molecule has 2 heterocycles. The van der Waals surface area contributed by atoms with Crippen molar-refractivity contribution >= 4 is 11.6 Å². The van der Waals surface area contributed by atoms with Crippen LogP contribution in [0.5, 0.6) is 0 Å². The third-order valence-electron chi connectivity index (χ3n) is 3.34. The predicted molar refractivity (Wildman–Crippen MR) is 82.0 cm³/mol. The van der Waals surface area contributed by atoms with Crippen LogP contribution in [0.1, 0.15) is 36.3 Å². The van der Waals surface area contributed by atoms with Crippen molar-refractivity contribution < 1.29 is 4.79 Å². The Hall–Kier alpha value is -2.64. The molecule has 0 saturated carbocycles. The van der Waals surface area contributed by atoms with Gasteiger partial charge in [-0.05, 0) is 12.8 Å². The number of Topliss-reactive ketones (excluding diaryl/α,β-unsaturated/α-hetero) is 1. The molecule has 0 radical (unpaired) electrons. The zero-order chi connectivity index (χ0) is 16.3. The third-order valence-corrected chi connectivity index (χ3v) is 3.34. The van der Waals surface area contributed by atoms with Gasteiger partial charge in [0, 0.05) is 12.7 Å². The molecule has 0 fully saturated rings. The Morgan fingerprint density at radius 1 is 1.36 bits per heavy atom. The van der Waals surface area contributed by atoms with Crippen LogP contribution >= 0.6 is 0 Å². The molecule has 3 N–H and O–H groups in total. The molecule has 0 aliphatic heterocycles. The van der Waals surface area contributed by atoms with E-state index in [0.717, 1.165) is 12.1 Å². The highest BCUT2D eigenvalue weighted by molar-refractivity contribution is 5.99. The largest absolute Gasteiger partial charge is 0.384 e. The number of nitrogens with one attached hydrogen (secondary N) is 1. The van der Waals surface area contributed by atoms with E-state index in [4.69, 9.17) is 5.73 Å². The summed E-state index contributed by atoms with van der Waals surface area (Å²) in [7, 11) is 0. The van der Waals surface area contributed by atoms with E-state index in [1.165, 1.54) is 10.9 Å². The standard InChI is InChI=1S/C14H19N5O3/c1-3-5-19-12(15)11(13(21)17-14(19)22)10(20)7-18-6-9(4-2)16-8-18/h6,8H,3-5,7,15H2,1-2H3,(H,17,21,22). The number of aromatic nitrogens is 4. The van der Waals surface area contributed by atoms with Crippen molar-refractivity contribution in [3.63, 3.8) is 0 Å². The summed E-state index contributed by atoms with van der Waals surface area (Å²) in [6.07, 6.45) is 4.68. The molecule has 0 aromatic carbocycles. The molecular formula is C14H19N5O3. The summed E-state index contributed by atoms with van der Waals surface area (Å²) in [5, 5.41) is 0. The lowest BCUT2D eigenvalue weighted by Gasteiger charge is -2.11. The summed E-state index contributed by atoms with van der Waals surface area (Å²) >= 11 is 0. The van der Waals surface area contributed by atoms with Gasteiger partial charge in [-0.1, -0.05) is 13.8 Å². The summed E-state index contributed by atoms with van der Waals surface area (Å²) in [6, 6.07) is 0. The normalized spacial score (nSPS) is 10.8. The first kappa shape index (κ1) is 15.7. The number of carbonyl (C=O) groups excluding carboxylic acids is 1. The van der Waals surface area contributed by atoms with Gasteiger partial charge in [0.15, 0.2) is 5.78 Å². The van der Waals surface area contributed by atoms with Crippen molar-refractivity contribution in [2.45, 2.75) is 39.8 Å². The van der Waals surface area contributed by atoms with Crippen LogP contribution in [0, 0.1) is 0 Å². The maximum atomic E-state index is 12.4. The Kier molecular flexibility index (Phi) is 4.59. The second-order valence-corrected chi connectivity index (χ2v) is 4.99. The number of hydrogen-bond donors (Lipinski definition) is 2. The minimum Gasteiger partial charge on any atom is -0.384 e. The van der Waals surface area contributed by atoms with Crippen molar-refractivity contribution in [2.24, 2.45) is 0 Å². The average Bonchev–Trinajstić information content (AvgIpc) is 2.90. The third kappa shape index (κ3) is 3.00. The molecule has 2 aromatic heterocycles. The van der Waals surface area contributed by atoms with Crippen LogP contribution in [0.15, 0.2) is 22.1 Å². The monoisotopic (exact) mass is 305 g/mol. The first-order valence-electron chi connectivity index (χ1n) is 7.14. The van der Waals surface area contributed by atoms with Crippen molar-refractivity contribution in [1.29, 1.82) is 0 Å². The molecule has 2 aromatic rings. The van der Waals surface area contributed by atoms with Crippen LogP contribution in [0.25, 0.3) is 0 Å². The van der Waals surface area contributed by atoms with E-state index >= 15 is 0 Å². The zero-order valence-electron chi connectivity index (χ0n) is 12.6. The Labute approximate surface area is 126 Å².